The van der Waals surface area contributed by atoms with Crippen molar-refractivity contribution in [2.24, 2.45) is 11.5 Å². The van der Waals surface area contributed by atoms with Gasteiger partial charge in [-0.25, -0.2) is 0 Å². The lowest BCUT2D eigenvalue weighted by atomic mass is 9.99. The summed E-state index contributed by atoms with van der Waals surface area (Å²) >= 11 is 0. The van der Waals surface area contributed by atoms with Gasteiger partial charge in [0, 0.05) is 12.5 Å². The van der Waals surface area contributed by atoms with Crippen LogP contribution in [0, 0.1) is 0 Å². The van der Waals surface area contributed by atoms with Crippen molar-refractivity contribution >= 4 is 5.91 Å². The molecule has 98 valence electrons. The molecule has 1 aromatic rings. The molecule has 0 bridgehead atoms. The van der Waals surface area contributed by atoms with E-state index in [1.54, 1.807) is 25.1 Å². The van der Waals surface area contributed by atoms with Crippen LogP contribution in [0.25, 0.3) is 0 Å². The third kappa shape index (κ3) is 2.65. The molecule has 0 saturated carbocycles. The van der Waals surface area contributed by atoms with Crippen molar-refractivity contribution in [2.75, 3.05) is 13.4 Å². The highest BCUT2D eigenvalue weighted by atomic mass is 16.7. The van der Waals surface area contributed by atoms with Gasteiger partial charge in [-0.15, -0.1) is 0 Å². The molecule has 1 amide bonds. The van der Waals surface area contributed by atoms with Crippen molar-refractivity contribution < 1.29 is 19.0 Å². The van der Waals surface area contributed by atoms with Gasteiger partial charge in [-0.05, 0) is 19.1 Å². The number of hydrogen-bond donors (Lipinski definition) is 2. The van der Waals surface area contributed by atoms with Crippen LogP contribution in [-0.2, 0) is 4.79 Å². The highest BCUT2D eigenvalue weighted by molar-refractivity contribution is 5.83. The molecule has 1 aliphatic rings. The molecule has 0 saturated heterocycles. The predicted octanol–water partition coefficient (Wildman–Crippen LogP) is 0.387. The van der Waals surface area contributed by atoms with Crippen LogP contribution in [0.15, 0.2) is 18.2 Å². The fraction of sp³-hybridized carbons (Fsp3) is 0.417. The first kappa shape index (κ1) is 12.5. The van der Waals surface area contributed by atoms with Gasteiger partial charge in [0.05, 0.1) is 12.1 Å². The van der Waals surface area contributed by atoms with Crippen molar-refractivity contribution in [2.45, 2.75) is 18.9 Å². The molecule has 2 rings (SSSR count). The van der Waals surface area contributed by atoms with Gasteiger partial charge in [0.15, 0.2) is 11.5 Å². The summed E-state index contributed by atoms with van der Waals surface area (Å²) < 4.78 is 15.9. The average Bonchev–Trinajstić information content (AvgIpc) is 2.75. The van der Waals surface area contributed by atoms with Crippen LogP contribution in [-0.4, -0.2) is 24.8 Å². The zero-order valence-corrected chi connectivity index (χ0v) is 10.1. The Bertz CT molecular complexity index is 459. The van der Waals surface area contributed by atoms with Crippen LogP contribution in [0.3, 0.4) is 0 Å². The number of benzene rings is 1. The lowest BCUT2D eigenvalue weighted by Crippen LogP contribution is -2.50. The molecule has 1 aromatic carbocycles. The van der Waals surface area contributed by atoms with E-state index in [0.717, 1.165) is 0 Å². The molecule has 1 heterocycles. The van der Waals surface area contributed by atoms with E-state index >= 15 is 0 Å². The lowest BCUT2D eigenvalue weighted by molar-refractivity contribution is -0.123. The molecule has 0 aliphatic carbocycles. The average molecular weight is 252 g/mol. The molecule has 1 unspecified atom stereocenters. The number of ether oxygens (including phenoxy) is 3. The van der Waals surface area contributed by atoms with E-state index in [-0.39, 0.29) is 6.79 Å². The number of hydrogen-bond acceptors (Lipinski definition) is 5. The van der Waals surface area contributed by atoms with Crippen molar-refractivity contribution in [3.63, 3.8) is 0 Å². The first-order valence-electron chi connectivity index (χ1n) is 5.60. The molecule has 18 heavy (non-hydrogen) atoms. The molecule has 4 N–H and O–H groups in total. The normalized spacial score (nSPS) is 16.1. The summed E-state index contributed by atoms with van der Waals surface area (Å²) in [6, 6.07) is 5.28. The van der Waals surface area contributed by atoms with Gasteiger partial charge in [0.1, 0.15) is 5.75 Å². The van der Waals surface area contributed by atoms with Crippen molar-refractivity contribution in [3.8, 4) is 17.2 Å². The van der Waals surface area contributed by atoms with Gasteiger partial charge in [-0.2, -0.15) is 0 Å². The van der Waals surface area contributed by atoms with E-state index in [9.17, 15) is 4.79 Å². The zero-order chi connectivity index (χ0) is 13.2. The highest BCUT2D eigenvalue weighted by Crippen LogP contribution is 2.35. The second-order valence-corrected chi connectivity index (χ2v) is 4.40. The van der Waals surface area contributed by atoms with Crippen LogP contribution in [0.5, 0.6) is 17.2 Å². The standard InChI is InChI=1S/C12H16N2O4/c1-12(14,11(13)15)4-5-16-8-2-3-9-10(6-8)18-7-17-9/h2-3,6H,4-5,7,14H2,1H3,(H2,13,15). The number of primary amides is 1. The summed E-state index contributed by atoms with van der Waals surface area (Å²) in [7, 11) is 0. The quantitative estimate of drug-likeness (QED) is 0.790. The Hall–Kier alpha value is -1.95. The van der Waals surface area contributed by atoms with Gasteiger partial charge in [0.25, 0.3) is 0 Å². The maximum absolute atomic E-state index is 11.0. The van der Waals surface area contributed by atoms with Crippen molar-refractivity contribution in [3.05, 3.63) is 18.2 Å². The minimum absolute atomic E-state index is 0.224. The van der Waals surface area contributed by atoms with Gasteiger partial charge < -0.3 is 25.7 Å². The monoisotopic (exact) mass is 252 g/mol. The van der Waals surface area contributed by atoms with Crippen LogP contribution in [0.4, 0.5) is 0 Å². The molecule has 6 heteroatoms. The summed E-state index contributed by atoms with van der Waals surface area (Å²) in [4.78, 5) is 11.0. The van der Waals surface area contributed by atoms with E-state index in [2.05, 4.69) is 0 Å². The van der Waals surface area contributed by atoms with Crippen LogP contribution >= 0.6 is 0 Å². The minimum atomic E-state index is -1.06. The fourth-order valence-corrected chi connectivity index (χ4v) is 1.47. The van der Waals surface area contributed by atoms with Gasteiger partial charge in [-0.1, -0.05) is 0 Å². The second-order valence-electron chi connectivity index (χ2n) is 4.40. The maximum Gasteiger partial charge on any atom is 0.237 e. The predicted molar refractivity (Wildman–Crippen MR) is 64.5 cm³/mol. The lowest BCUT2D eigenvalue weighted by Gasteiger charge is -2.20. The Balaban J connectivity index is 1.89. The van der Waals surface area contributed by atoms with Gasteiger partial charge in [-0.3, -0.25) is 4.79 Å². The molecular formula is C12H16N2O4. The number of nitrogens with two attached hydrogens (primary N) is 2. The summed E-state index contributed by atoms with van der Waals surface area (Å²) in [5.41, 5.74) is 9.82. The van der Waals surface area contributed by atoms with E-state index in [0.29, 0.717) is 30.3 Å². The minimum Gasteiger partial charge on any atom is -0.493 e. The maximum atomic E-state index is 11.0. The first-order chi connectivity index (χ1) is 8.49. The topological polar surface area (TPSA) is 96.8 Å². The molecule has 0 radical (unpaired) electrons. The third-order valence-corrected chi connectivity index (χ3v) is 2.80. The van der Waals surface area contributed by atoms with E-state index in [1.165, 1.54) is 0 Å². The second kappa shape index (κ2) is 4.73. The van der Waals surface area contributed by atoms with Crippen LogP contribution in [0.2, 0.25) is 0 Å². The fourth-order valence-electron chi connectivity index (χ4n) is 1.47. The van der Waals surface area contributed by atoms with Crippen molar-refractivity contribution in [1.82, 2.24) is 0 Å². The Morgan fingerprint density at radius 3 is 2.89 bits per heavy atom. The molecular weight excluding hydrogens is 236 g/mol. The van der Waals surface area contributed by atoms with E-state index in [4.69, 9.17) is 25.7 Å². The highest BCUT2D eigenvalue weighted by Gasteiger charge is 2.25. The SMILES string of the molecule is CC(N)(CCOc1ccc2c(c1)OCO2)C(N)=O. The Morgan fingerprint density at radius 2 is 2.17 bits per heavy atom. The van der Waals surface area contributed by atoms with Crippen molar-refractivity contribution in [1.29, 1.82) is 0 Å². The summed E-state index contributed by atoms with van der Waals surface area (Å²) in [5, 5.41) is 0. The molecule has 6 nitrogen and oxygen atoms in total. The van der Waals surface area contributed by atoms with Crippen LogP contribution < -0.4 is 25.7 Å². The Morgan fingerprint density at radius 1 is 1.44 bits per heavy atom. The number of rotatable bonds is 5. The molecule has 1 atom stereocenters. The van der Waals surface area contributed by atoms with Gasteiger partial charge in [0.2, 0.25) is 12.7 Å². The molecule has 0 aromatic heterocycles. The molecule has 1 aliphatic heterocycles. The Labute approximate surface area is 105 Å². The Kier molecular flexibility index (Phi) is 3.29. The number of fused-ring (bicyclic) bond motifs is 1. The summed E-state index contributed by atoms with van der Waals surface area (Å²) in [5.74, 6) is 1.44. The van der Waals surface area contributed by atoms with E-state index in [1.807, 2.05) is 0 Å². The number of carbonyl (C=O) groups excluding carboxylic acids is 1. The smallest absolute Gasteiger partial charge is 0.237 e. The zero-order valence-electron chi connectivity index (χ0n) is 10.1. The molecule has 0 fully saturated rings. The van der Waals surface area contributed by atoms with Crippen LogP contribution in [0.1, 0.15) is 13.3 Å². The number of carbonyl (C=O) groups is 1. The van der Waals surface area contributed by atoms with E-state index < -0.39 is 11.4 Å². The van der Waals surface area contributed by atoms with Gasteiger partial charge >= 0.3 is 0 Å². The first-order valence-corrected chi connectivity index (χ1v) is 5.60. The number of amides is 1. The summed E-state index contributed by atoms with van der Waals surface area (Å²) in [6.45, 7) is 2.11. The summed E-state index contributed by atoms with van der Waals surface area (Å²) in [6.07, 6.45) is 0.344. The largest absolute Gasteiger partial charge is 0.493 e. The third-order valence-electron chi connectivity index (χ3n) is 2.80. The molecule has 0 spiro atoms.